The van der Waals surface area contributed by atoms with E-state index in [-0.39, 0.29) is 6.61 Å². The van der Waals surface area contributed by atoms with Gasteiger partial charge in [-0.3, -0.25) is 4.79 Å². The molecule has 0 aliphatic heterocycles. The number of unbranched alkanes of at least 4 members (excludes halogenated alkanes) is 24. The number of aliphatic hydroxyl groups is 3. The van der Waals surface area contributed by atoms with E-state index in [1.807, 2.05) is 6.08 Å². The van der Waals surface area contributed by atoms with Crippen molar-refractivity contribution in [1.82, 2.24) is 5.32 Å². The van der Waals surface area contributed by atoms with E-state index < -0.39 is 24.2 Å². The normalized spacial score (nSPS) is 14.0. The maximum absolute atomic E-state index is 12.4. The van der Waals surface area contributed by atoms with Crippen molar-refractivity contribution >= 4 is 5.91 Å². The van der Waals surface area contributed by atoms with Gasteiger partial charge in [-0.25, -0.2) is 0 Å². The summed E-state index contributed by atoms with van der Waals surface area (Å²) in [4.78, 5) is 12.4. The van der Waals surface area contributed by atoms with Crippen LogP contribution < -0.4 is 5.32 Å². The zero-order valence-electron chi connectivity index (χ0n) is 29.3. The molecule has 0 fully saturated rings. The van der Waals surface area contributed by atoms with E-state index in [1.54, 1.807) is 6.08 Å². The van der Waals surface area contributed by atoms with Crippen LogP contribution in [0.4, 0.5) is 0 Å². The molecule has 4 N–H and O–H groups in total. The standard InChI is InChI=1S/C39H75NO4/c1-3-5-7-9-11-13-14-15-16-17-18-19-20-21-22-23-24-26-28-30-32-34-38(43)39(44)40-36(35-41)37(42)33-31-29-27-25-12-10-8-6-4-2/h20-21,31,33,36-38,41-43H,3-19,22-30,32,34-35H2,1-2H3,(H,40,44)/b21-20-,33-31+. The summed E-state index contributed by atoms with van der Waals surface area (Å²) in [5.41, 5.74) is 0. The van der Waals surface area contributed by atoms with E-state index in [2.05, 4.69) is 31.3 Å². The molecule has 0 radical (unpaired) electrons. The van der Waals surface area contributed by atoms with Crippen LogP contribution in [-0.2, 0) is 4.79 Å². The number of rotatable bonds is 34. The Kier molecular flexibility index (Phi) is 33.8. The van der Waals surface area contributed by atoms with Crippen LogP contribution in [0.2, 0.25) is 0 Å². The second-order valence-corrected chi connectivity index (χ2v) is 13.1. The lowest BCUT2D eigenvalue weighted by atomic mass is 10.0. The highest BCUT2D eigenvalue weighted by Crippen LogP contribution is 2.14. The lowest BCUT2D eigenvalue weighted by molar-refractivity contribution is -0.131. The molecule has 1 amide bonds. The third kappa shape index (κ3) is 29.5. The van der Waals surface area contributed by atoms with E-state index >= 15 is 0 Å². The lowest BCUT2D eigenvalue weighted by Crippen LogP contribution is -2.48. The Morgan fingerprint density at radius 2 is 0.909 bits per heavy atom. The molecular weight excluding hydrogens is 546 g/mol. The van der Waals surface area contributed by atoms with E-state index in [0.29, 0.717) is 6.42 Å². The van der Waals surface area contributed by atoms with Gasteiger partial charge in [-0.05, 0) is 44.9 Å². The number of hydrogen-bond donors (Lipinski definition) is 4. The van der Waals surface area contributed by atoms with Crippen LogP contribution in [0.15, 0.2) is 24.3 Å². The maximum atomic E-state index is 12.4. The predicted octanol–water partition coefficient (Wildman–Crippen LogP) is 10.3. The zero-order chi connectivity index (χ0) is 32.4. The second-order valence-electron chi connectivity index (χ2n) is 13.1. The van der Waals surface area contributed by atoms with E-state index in [9.17, 15) is 20.1 Å². The Morgan fingerprint density at radius 3 is 1.32 bits per heavy atom. The van der Waals surface area contributed by atoms with Gasteiger partial charge in [0.2, 0.25) is 5.91 Å². The first-order chi connectivity index (χ1) is 21.6. The molecule has 3 unspecified atom stereocenters. The van der Waals surface area contributed by atoms with Crippen molar-refractivity contribution in [3.8, 4) is 0 Å². The third-order valence-electron chi connectivity index (χ3n) is 8.79. The molecule has 0 saturated heterocycles. The van der Waals surface area contributed by atoms with Crippen molar-refractivity contribution in [3.05, 3.63) is 24.3 Å². The smallest absolute Gasteiger partial charge is 0.249 e. The van der Waals surface area contributed by atoms with Gasteiger partial charge in [0.25, 0.3) is 0 Å². The average Bonchev–Trinajstić information content (AvgIpc) is 3.03. The second kappa shape index (κ2) is 34.7. The number of carbonyl (C=O) groups excluding carboxylic acids is 1. The maximum Gasteiger partial charge on any atom is 0.249 e. The molecule has 3 atom stereocenters. The monoisotopic (exact) mass is 622 g/mol. The Labute approximate surface area is 273 Å². The molecule has 0 rings (SSSR count). The molecule has 5 nitrogen and oxygen atoms in total. The minimum absolute atomic E-state index is 0.365. The molecule has 0 heterocycles. The van der Waals surface area contributed by atoms with E-state index in [1.165, 1.54) is 141 Å². The first kappa shape index (κ1) is 42.8. The number of nitrogens with one attached hydrogen (secondary N) is 1. The van der Waals surface area contributed by atoms with Crippen LogP contribution in [-0.4, -0.2) is 46.1 Å². The Hall–Kier alpha value is -1.17. The summed E-state index contributed by atoms with van der Waals surface area (Å²) in [7, 11) is 0. The highest BCUT2D eigenvalue weighted by molar-refractivity contribution is 5.80. The summed E-state index contributed by atoms with van der Waals surface area (Å²) in [6.07, 6.45) is 40.6. The van der Waals surface area contributed by atoms with Crippen molar-refractivity contribution in [2.75, 3.05) is 6.61 Å². The van der Waals surface area contributed by atoms with E-state index in [4.69, 9.17) is 0 Å². The fourth-order valence-corrected chi connectivity index (χ4v) is 5.71. The predicted molar refractivity (Wildman–Crippen MR) is 190 cm³/mol. The quantitative estimate of drug-likeness (QED) is 0.0425. The van der Waals surface area contributed by atoms with Crippen LogP contribution in [0.1, 0.15) is 194 Å². The minimum Gasteiger partial charge on any atom is -0.394 e. The molecule has 0 aromatic rings. The molecule has 0 aromatic carbocycles. The fourth-order valence-electron chi connectivity index (χ4n) is 5.71. The van der Waals surface area contributed by atoms with Gasteiger partial charge < -0.3 is 20.6 Å². The molecule has 0 aromatic heterocycles. The Balaban J connectivity index is 3.66. The van der Waals surface area contributed by atoms with Gasteiger partial charge in [-0.15, -0.1) is 0 Å². The lowest BCUT2D eigenvalue weighted by Gasteiger charge is -2.21. The first-order valence-electron chi connectivity index (χ1n) is 19.2. The number of aliphatic hydroxyl groups excluding tert-OH is 3. The van der Waals surface area contributed by atoms with Gasteiger partial charge in [0.1, 0.15) is 6.10 Å². The fraction of sp³-hybridized carbons (Fsp3) is 0.872. The van der Waals surface area contributed by atoms with Gasteiger partial charge in [-0.2, -0.15) is 0 Å². The summed E-state index contributed by atoms with van der Waals surface area (Å²) in [6, 6.07) is -0.795. The van der Waals surface area contributed by atoms with Crippen LogP contribution in [0.5, 0.6) is 0 Å². The Bertz CT molecular complexity index is 650. The van der Waals surface area contributed by atoms with Crippen LogP contribution in [0, 0.1) is 0 Å². The zero-order valence-corrected chi connectivity index (χ0v) is 29.3. The summed E-state index contributed by atoms with van der Waals surface area (Å²) in [5.74, 6) is -0.511. The molecule has 0 saturated carbocycles. The summed E-state index contributed by atoms with van der Waals surface area (Å²) in [5, 5.41) is 32.8. The molecule has 260 valence electrons. The molecule has 0 aliphatic carbocycles. The number of hydrogen-bond acceptors (Lipinski definition) is 4. The van der Waals surface area contributed by atoms with E-state index in [0.717, 1.165) is 32.1 Å². The summed E-state index contributed by atoms with van der Waals surface area (Å²) >= 11 is 0. The van der Waals surface area contributed by atoms with Crippen molar-refractivity contribution in [1.29, 1.82) is 0 Å². The number of carbonyl (C=O) groups is 1. The largest absolute Gasteiger partial charge is 0.394 e. The van der Waals surface area contributed by atoms with Gasteiger partial charge in [0, 0.05) is 0 Å². The average molecular weight is 622 g/mol. The van der Waals surface area contributed by atoms with Crippen molar-refractivity contribution in [2.24, 2.45) is 0 Å². The van der Waals surface area contributed by atoms with Crippen molar-refractivity contribution in [2.45, 2.75) is 212 Å². The van der Waals surface area contributed by atoms with Crippen LogP contribution in [0.25, 0.3) is 0 Å². The SMILES string of the molecule is CCCCCCCCC/C=C/C(O)C(CO)NC(=O)C(O)CCCCCCCC/C=C\CCCCCCCCCCCCC. The van der Waals surface area contributed by atoms with Crippen molar-refractivity contribution in [3.63, 3.8) is 0 Å². The molecule has 0 aliphatic rings. The summed E-state index contributed by atoms with van der Waals surface area (Å²) in [6.45, 7) is 4.14. The van der Waals surface area contributed by atoms with Crippen molar-refractivity contribution < 1.29 is 20.1 Å². The first-order valence-corrected chi connectivity index (χ1v) is 19.2. The molecular formula is C39H75NO4. The highest BCUT2D eigenvalue weighted by Gasteiger charge is 2.22. The number of amides is 1. The minimum atomic E-state index is -1.10. The van der Waals surface area contributed by atoms with Gasteiger partial charge in [0.05, 0.1) is 18.8 Å². The highest BCUT2D eigenvalue weighted by atomic mass is 16.3. The molecule has 0 bridgehead atoms. The molecule has 5 heteroatoms. The third-order valence-corrected chi connectivity index (χ3v) is 8.79. The topological polar surface area (TPSA) is 89.8 Å². The van der Waals surface area contributed by atoms with Crippen LogP contribution >= 0.6 is 0 Å². The van der Waals surface area contributed by atoms with Gasteiger partial charge >= 0.3 is 0 Å². The molecule has 0 spiro atoms. The number of allylic oxidation sites excluding steroid dienone is 3. The summed E-state index contributed by atoms with van der Waals surface area (Å²) < 4.78 is 0. The molecule has 44 heavy (non-hydrogen) atoms. The van der Waals surface area contributed by atoms with Gasteiger partial charge in [0.15, 0.2) is 0 Å². The van der Waals surface area contributed by atoms with Crippen LogP contribution in [0.3, 0.4) is 0 Å². The Morgan fingerprint density at radius 1 is 0.545 bits per heavy atom. The van der Waals surface area contributed by atoms with Gasteiger partial charge in [-0.1, -0.05) is 173 Å².